The molecule has 2 N–H and O–H groups in total. The largest absolute Gasteiger partial charge is 0.574 e. The van der Waals surface area contributed by atoms with Crippen LogP contribution >= 0.6 is 11.6 Å². The minimum Gasteiger partial charge on any atom is -0.387 e. The zero-order valence-corrected chi connectivity index (χ0v) is 10.0. The van der Waals surface area contributed by atoms with Crippen molar-refractivity contribution >= 4 is 16.8 Å². The van der Waals surface area contributed by atoms with Crippen LogP contribution in [0.3, 0.4) is 0 Å². The first-order valence-corrected chi connectivity index (χ1v) is 5.10. The number of aromatic nitrogens is 1. The number of ether oxygens (including phenoxy) is 1. The van der Waals surface area contributed by atoms with Crippen LogP contribution in [-0.4, -0.2) is 16.6 Å². The highest BCUT2D eigenvalue weighted by Gasteiger charge is 2.38. The molecule has 0 unspecified atom stereocenters. The number of halogens is 7. The number of alkyl halides is 6. The van der Waals surface area contributed by atoms with Gasteiger partial charge in [-0.25, -0.2) is 4.98 Å². The second-order valence-corrected chi connectivity index (χ2v) is 3.70. The van der Waals surface area contributed by atoms with Crippen LogP contribution in [0.1, 0.15) is 21.6 Å². The molecule has 0 radical (unpaired) electrons. The van der Waals surface area contributed by atoms with Crippen LogP contribution in [0.25, 0.3) is 0 Å². The molecule has 0 aliphatic heterocycles. The number of rotatable bonds is 3. The van der Waals surface area contributed by atoms with Crippen molar-refractivity contribution in [2.45, 2.75) is 19.1 Å². The number of hydrogen-bond acceptors (Lipinski definition) is 4. The van der Waals surface area contributed by atoms with Gasteiger partial charge in [-0.3, -0.25) is 4.79 Å². The molecule has 112 valence electrons. The number of pyridine rings is 1. The van der Waals surface area contributed by atoms with E-state index in [1.54, 1.807) is 0 Å². The molecule has 0 saturated carbocycles. The van der Waals surface area contributed by atoms with Gasteiger partial charge in [0.25, 0.3) is 5.24 Å². The molecule has 0 saturated heterocycles. The Morgan fingerprint density at radius 2 is 1.85 bits per heavy atom. The number of nitrogens with two attached hydrogens (primary N) is 1. The first-order chi connectivity index (χ1) is 8.95. The van der Waals surface area contributed by atoms with Gasteiger partial charge in [-0.2, -0.15) is 13.2 Å². The van der Waals surface area contributed by atoms with Gasteiger partial charge in [-0.15, -0.1) is 13.2 Å². The van der Waals surface area contributed by atoms with Gasteiger partial charge < -0.3 is 10.5 Å². The average molecular weight is 323 g/mol. The van der Waals surface area contributed by atoms with Gasteiger partial charge in [0.05, 0.1) is 16.8 Å². The van der Waals surface area contributed by atoms with E-state index in [0.717, 1.165) is 0 Å². The lowest BCUT2D eigenvalue weighted by atomic mass is 10.1. The van der Waals surface area contributed by atoms with Gasteiger partial charge >= 0.3 is 12.5 Å². The zero-order valence-electron chi connectivity index (χ0n) is 9.27. The van der Waals surface area contributed by atoms with Gasteiger partial charge in [0.2, 0.25) is 5.88 Å². The fourth-order valence-electron chi connectivity index (χ4n) is 1.26. The number of hydrogen-bond donors (Lipinski definition) is 1. The van der Waals surface area contributed by atoms with Crippen LogP contribution in [0.2, 0.25) is 0 Å². The van der Waals surface area contributed by atoms with Crippen molar-refractivity contribution in [1.82, 2.24) is 4.98 Å². The molecule has 11 heteroatoms. The highest BCUT2D eigenvalue weighted by atomic mass is 35.5. The first kappa shape index (κ1) is 16.5. The summed E-state index contributed by atoms with van der Waals surface area (Å²) in [6, 6.07) is 0.117. The van der Waals surface area contributed by atoms with Gasteiger partial charge in [-0.05, 0) is 17.7 Å². The molecule has 1 aromatic heterocycles. The molecule has 4 nitrogen and oxygen atoms in total. The summed E-state index contributed by atoms with van der Waals surface area (Å²) >= 11 is 4.93. The molecule has 0 amide bonds. The maximum Gasteiger partial charge on any atom is 0.574 e. The van der Waals surface area contributed by atoms with Crippen molar-refractivity contribution in [1.29, 1.82) is 0 Å². The Kier molecular flexibility index (Phi) is 4.49. The Morgan fingerprint density at radius 1 is 1.30 bits per heavy atom. The summed E-state index contributed by atoms with van der Waals surface area (Å²) in [6.07, 6.45) is -10.2. The quantitative estimate of drug-likeness (QED) is 0.686. The van der Waals surface area contributed by atoms with E-state index in [0.29, 0.717) is 0 Å². The zero-order chi connectivity index (χ0) is 15.7. The molecule has 0 bridgehead atoms. The SMILES string of the molecule is NCc1nc(OC(F)(F)F)c(C(=O)Cl)cc1C(F)(F)F. The summed E-state index contributed by atoms with van der Waals surface area (Å²) in [5.74, 6) is -1.38. The first-order valence-electron chi connectivity index (χ1n) is 4.72. The van der Waals surface area contributed by atoms with Gasteiger partial charge in [0.1, 0.15) is 0 Å². The minimum atomic E-state index is -5.25. The van der Waals surface area contributed by atoms with Crippen LogP contribution in [0.15, 0.2) is 6.07 Å². The van der Waals surface area contributed by atoms with Crippen LogP contribution in [0.4, 0.5) is 26.3 Å². The van der Waals surface area contributed by atoms with E-state index in [2.05, 4.69) is 9.72 Å². The number of nitrogens with zero attached hydrogens (tertiary/aromatic N) is 1. The second-order valence-electron chi connectivity index (χ2n) is 3.36. The van der Waals surface area contributed by atoms with E-state index in [1.807, 2.05) is 0 Å². The lowest BCUT2D eigenvalue weighted by Gasteiger charge is -2.16. The monoisotopic (exact) mass is 322 g/mol. The van der Waals surface area contributed by atoms with E-state index in [1.165, 1.54) is 0 Å². The van der Waals surface area contributed by atoms with Crippen LogP contribution in [0, 0.1) is 0 Å². The summed E-state index contributed by atoms with van der Waals surface area (Å²) in [6.45, 7) is -0.806. The molecule has 20 heavy (non-hydrogen) atoms. The lowest BCUT2D eigenvalue weighted by Crippen LogP contribution is -2.22. The molecule has 0 aliphatic rings. The molecule has 1 heterocycles. The fraction of sp³-hybridized carbons (Fsp3) is 0.333. The standard InChI is InChI=1S/C9H5ClF6N2O2/c10-6(19)3-1-4(8(11,12)13)5(2-17)18-7(3)20-9(14,15)16/h1H,2,17H2. The topological polar surface area (TPSA) is 65.2 Å². The molecule has 1 rings (SSSR count). The van der Waals surface area contributed by atoms with Gasteiger partial charge in [-0.1, -0.05) is 0 Å². The van der Waals surface area contributed by atoms with E-state index in [-0.39, 0.29) is 6.07 Å². The highest BCUT2D eigenvalue weighted by Crippen LogP contribution is 2.35. The Morgan fingerprint density at radius 3 is 2.20 bits per heavy atom. The highest BCUT2D eigenvalue weighted by molar-refractivity contribution is 6.68. The molecule has 0 fully saturated rings. The van der Waals surface area contributed by atoms with Crippen molar-refractivity contribution in [3.63, 3.8) is 0 Å². The molecule has 0 atom stereocenters. The average Bonchev–Trinajstić information content (AvgIpc) is 2.24. The number of carbonyl (C=O) groups is 1. The third-order valence-corrected chi connectivity index (χ3v) is 2.19. The summed E-state index contributed by atoms with van der Waals surface area (Å²) in [4.78, 5) is 13.9. The van der Waals surface area contributed by atoms with Crippen molar-refractivity contribution < 1.29 is 35.9 Å². The molecule has 1 aromatic rings. The third-order valence-electron chi connectivity index (χ3n) is 1.99. The predicted octanol–water partition coefficient (Wildman–Crippen LogP) is 2.84. The van der Waals surface area contributed by atoms with Crippen molar-refractivity contribution in [3.05, 3.63) is 22.9 Å². The molecule has 0 aliphatic carbocycles. The third kappa shape index (κ3) is 3.97. The van der Waals surface area contributed by atoms with Crippen molar-refractivity contribution in [2.75, 3.05) is 0 Å². The van der Waals surface area contributed by atoms with Crippen molar-refractivity contribution in [2.24, 2.45) is 5.73 Å². The van der Waals surface area contributed by atoms with E-state index >= 15 is 0 Å². The summed E-state index contributed by atoms with van der Waals surface area (Å²) in [5.41, 5.74) is 1.47. The predicted molar refractivity (Wildman–Crippen MR) is 54.0 cm³/mol. The Hall–Kier alpha value is -1.55. The summed E-state index contributed by atoms with van der Waals surface area (Å²) in [5, 5.41) is -1.58. The lowest BCUT2D eigenvalue weighted by molar-refractivity contribution is -0.276. The summed E-state index contributed by atoms with van der Waals surface area (Å²) in [7, 11) is 0. The van der Waals surface area contributed by atoms with E-state index in [9.17, 15) is 31.1 Å². The second kappa shape index (κ2) is 5.44. The minimum absolute atomic E-state index is 0.117. The maximum absolute atomic E-state index is 12.6. The van der Waals surface area contributed by atoms with Crippen molar-refractivity contribution in [3.8, 4) is 5.88 Å². The van der Waals surface area contributed by atoms with Gasteiger partial charge in [0, 0.05) is 6.54 Å². The van der Waals surface area contributed by atoms with Crippen LogP contribution < -0.4 is 10.5 Å². The summed E-state index contributed by atoms with van der Waals surface area (Å²) < 4.78 is 77.5. The Labute approximate surface area is 112 Å². The van der Waals surface area contributed by atoms with Crippen LogP contribution in [0.5, 0.6) is 5.88 Å². The molecular weight excluding hydrogens is 318 g/mol. The Balaban J connectivity index is 3.50. The molecular formula is C9H5ClF6N2O2. The van der Waals surface area contributed by atoms with Crippen LogP contribution in [-0.2, 0) is 12.7 Å². The van der Waals surface area contributed by atoms with E-state index in [4.69, 9.17) is 17.3 Å². The number of carbonyl (C=O) groups excluding carboxylic acids is 1. The molecule has 0 spiro atoms. The normalized spacial score (nSPS) is 12.4. The fourth-order valence-corrected chi connectivity index (χ4v) is 1.40. The smallest absolute Gasteiger partial charge is 0.387 e. The van der Waals surface area contributed by atoms with Gasteiger partial charge in [0.15, 0.2) is 0 Å². The maximum atomic E-state index is 12.6. The van der Waals surface area contributed by atoms with E-state index < -0.39 is 47.0 Å². The molecule has 0 aromatic carbocycles. The Bertz CT molecular complexity index is 528.